The van der Waals surface area contributed by atoms with Crippen LogP contribution in [0.15, 0.2) is 38.0 Å². The lowest BCUT2D eigenvalue weighted by Crippen LogP contribution is -2.34. The first-order chi connectivity index (χ1) is 18.1. The number of carbonyl (C=O) groups is 3. The maximum Gasteiger partial charge on any atom is 0.330 e. The van der Waals surface area contributed by atoms with Gasteiger partial charge in [-0.15, -0.1) is 0 Å². The molecule has 0 aliphatic carbocycles. The van der Waals surface area contributed by atoms with Crippen LogP contribution in [-0.4, -0.2) is 135 Å². The second-order valence-electron chi connectivity index (χ2n) is 7.69. The van der Waals surface area contributed by atoms with E-state index in [2.05, 4.69) is 24.5 Å². The first kappa shape index (κ1) is 35.3. The van der Waals surface area contributed by atoms with Gasteiger partial charge in [0.1, 0.15) is 50.3 Å². The van der Waals surface area contributed by atoms with Crippen molar-refractivity contribution in [1.29, 1.82) is 0 Å². The summed E-state index contributed by atoms with van der Waals surface area (Å²) in [5, 5.41) is 39.4. The van der Waals surface area contributed by atoms with E-state index < -0.39 is 48.4 Å². The van der Waals surface area contributed by atoms with Gasteiger partial charge in [0.05, 0.1) is 46.2 Å². The molecule has 0 aliphatic heterocycles. The Morgan fingerprint density at radius 1 is 0.500 bits per heavy atom. The third kappa shape index (κ3) is 20.4. The fraction of sp³-hybridized carbons (Fsp3) is 0.625. The van der Waals surface area contributed by atoms with Crippen LogP contribution < -0.4 is 0 Å². The van der Waals surface area contributed by atoms with E-state index in [1.807, 2.05) is 0 Å². The molecular formula is C24H38O14. The molecular weight excluding hydrogens is 512 g/mol. The molecule has 0 saturated carbocycles. The average molecular weight is 551 g/mol. The van der Waals surface area contributed by atoms with Crippen molar-refractivity contribution in [3.8, 4) is 0 Å². The van der Waals surface area contributed by atoms with Gasteiger partial charge in [-0.25, -0.2) is 14.4 Å². The monoisotopic (exact) mass is 550 g/mol. The second-order valence-corrected chi connectivity index (χ2v) is 7.69. The Balaban J connectivity index is 4.47. The van der Waals surface area contributed by atoms with Crippen LogP contribution in [0.1, 0.15) is 0 Å². The summed E-state index contributed by atoms with van der Waals surface area (Å²) in [6.45, 7) is 7.57. The number of aliphatic hydroxyl groups excluding tert-OH is 4. The molecule has 218 valence electrons. The summed E-state index contributed by atoms with van der Waals surface area (Å²) < 4.78 is 35.5. The molecule has 0 fully saturated rings. The van der Waals surface area contributed by atoms with E-state index in [9.17, 15) is 34.8 Å². The zero-order valence-electron chi connectivity index (χ0n) is 21.2. The Hall–Kier alpha value is -2.69. The van der Waals surface area contributed by atoms with Crippen molar-refractivity contribution in [3.63, 3.8) is 0 Å². The van der Waals surface area contributed by atoms with Gasteiger partial charge in [0.2, 0.25) is 0 Å². The van der Waals surface area contributed by atoms with Gasteiger partial charge in [-0.3, -0.25) is 0 Å². The lowest BCUT2D eigenvalue weighted by Gasteiger charge is -2.22. The summed E-state index contributed by atoms with van der Waals surface area (Å²) in [7, 11) is 0. The molecule has 0 aromatic carbocycles. The highest BCUT2D eigenvalue weighted by molar-refractivity contribution is 5.81. The lowest BCUT2D eigenvalue weighted by molar-refractivity contribution is -0.146. The fourth-order valence-electron chi connectivity index (χ4n) is 2.31. The quantitative estimate of drug-likeness (QED) is 0.0588. The number of rotatable bonds is 24. The summed E-state index contributed by atoms with van der Waals surface area (Å²) in [5.41, 5.74) is 0. The highest BCUT2D eigenvalue weighted by atomic mass is 16.6. The number of esters is 3. The summed E-state index contributed by atoms with van der Waals surface area (Å²) in [6, 6.07) is 0. The van der Waals surface area contributed by atoms with E-state index in [0.717, 1.165) is 18.2 Å². The molecule has 38 heavy (non-hydrogen) atoms. The van der Waals surface area contributed by atoms with Gasteiger partial charge in [0.15, 0.2) is 0 Å². The van der Waals surface area contributed by atoms with Gasteiger partial charge < -0.3 is 53.6 Å². The van der Waals surface area contributed by atoms with Crippen molar-refractivity contribution >= 4 is 17.9 Å². The number of hydrogen-bond donors (Lipinski definition) is 4. The zero-order valence-corrected chi connectivity index (χ0v) is 21.2. The molecule has 14 nitrogen and oxygen atoms in total. The maximum absolute atomic E-state index is 11.1. The molecule has 14 heteroatoms. The Morgan fingerprint density at radius 2 is 0.789 bits per heavy atom. The molecule has 0 bridgehead atoms. The van der Waals surface area contributed by atoms with E-state index in [-0.39, 0.29) is 66.1 Å². The van der Waals surface area contributed by atoms with Crippen LogP contribution in [-0.2, 0) is 47.5 Å². The van der Waals surface area contributed by atoms with Crippen LogP contribution in [0.5, 0.6) is 0 Å². The summed E-state index contributed by atoms with van der Waals surface area (Å²) in [6.07, 6.45) is -2.33. The molecule has 5 unspecified atom stereocenters. The van der Waals surface area contributed by atoms with Crippen molar-refractivity contribution < 1.29 is 68.0 Å². The smallest absolute Gasteiger partial charge is 0.330 e. The number of carbonyl (C=O) groups excluding carboxylic acids is 3. The molecule has 4 N–H and O–H groups in total. The second kappa shape index (κ2) is 22.3. The Bertz CT molecular complexity index is 712. The van der Waals surface area contributed by atoms with Crippen LogP contribution in [0.4, 0.5) is 0 Å². The third-order valence-corrected chi connectivity index (χ3v) is 4.13. The third-order valence-electron chi connectivity index (χ3n) is 4.13. The minimum absolute atomic E-state index is 0.0993. The van der Waals surface area contributed by atoms with E-state index in [4.69, 9.17) is 28.4 Å². The lowest BCUT2D eigenvalue weighted by atomic mass is 10.3. The van der Waals surface area contributed by atoms with Gasteiger partial charge >= 0.3 is 17.9 Å². The Kier molecular flexibility index (Phi) is 20.7. The predicted octanol–water partition coefficient (Wildman–Crippen LogP) is -1.95. The first-order valence-corrected chi connectivity index (χ1v) is 11.6. The molecule has 0 spiro atoms. The van der Waals surface area contributed by atoms with Crippen LogP contribution in [0, 0.1) is 0 Å². The van der Waals surface area contributed by atoms with Crippen molar-refractivity contribution in [2.45, 2.75) is 30.5 Å². The van der Waals surface area contributed by atoms with E-state index in [0.29, 0.717) is 0 Å². The summed E-state index contributed by atoms with van der Waals surface area (Å²) in [5.74, 6) is -2.09. The van der Waals surface area contributed by atoms with Crippen LogP contribution in [0.3, 0.4) is 0 Å². The normalized spacial score (nSPS) is 14.8. The van der Waals surface area contributed by atoms with Gasteiger partial charge in [0, 0.05) is 18.2 Å². The van der Waals surface area contributed by atoms with Crippen molar-refractivity contribution in [1.82, 2.24) is 0 Å². The molecule has 0 amide bonds. The highest BCUT2D eigenvalue weighted by Crippen LogP contribution is 2.02. The molecule has 0 heterocycles. The predicted molar refractivity (Wildman–Crippen MR) is 130 cm³/mol. The Labute approximate surface area is 221 Å². The summed E-state index contributed by atoms with van der Waals surface area (Å²) >= 11 is 0. The molecule has 0 aromatic heterocycles. The van der Waals surface area contributed by atoms with Gasteiger partial charge in [-0.2, -0.15) is 0 Å². The van der Waals surface area contributed by atoms with Crippen molar-refractivity contribution in [2.24, 2.45) is 0 Å². The maximum atomic E-state index is 11.1. The SMILES string of the molecule is C=CC(=O)OCC(O)COCC(O)COCC(COCC(O)COC(=O)C=C)OCC(O)COC(=O)C=C. The number of ether oxygens (including phenoxy) is 7. The molecule has 0 radical (unpaired) electrons. The molecule has 0 aliphatic rings. The van der Waals surface area contributed by atoms with Gasteiger partial charge in [0.25, 0.3) is 0 Å². The minimum Gasteiger partial charge on any atom is -0.460 e. The van der Waals surface area contributed by atoms with Crippen LogP contribution >= 0.6 is 0 Å². The number of hydrogen-bond acceptors (Lipinski definition) is 14. The summed E-state index contributed by atoms with van der Waals surface area (Å²) in [4.78, 5) is 33.1. The first-order valence-electron chi connectivity index (χ1n) is 11.6. The Morgan fingerprint density at radius 3 is 1.13 bits per heavy atom. The van der Waals surface area contributed by atoms with Crippen molar-refractivity contribution in [2.75, 3.05) is 66.1 Å². The average Bonchev–Trinajstić information content (AvgIpc) is 2.91. The minimum atomic E-state index is -1.15. The zero-order chi connectivity index (χ0) is 28.8. The van der Waals surface area contributed by atoms with Gasteiger partial charge in [-0.1, -0.05) is 19.7 Å². The standard InChI is InChI=1S/C24H38O14/c1-4-22(29)36-12-18(26)9-32-7-17(25)8-33-15-21(35-11-20(28)14-38-24(31)6-3)16-34-10-19(27)13-37-23(30)5-2/h4-6,17-21,25-28H,1-3,7-16H2. The van der Waals surface area contributed by atoms with Gasteiger partial charge in [-0.05, 0) is 0 Å². The molecule has 0 rings (SSSR count). The van der Waals surface area contributed by atoms with E-state index >= 15 is 0 Å². The van der Waals surface area contributed by atoms with Crippen LogP contribution in [0.2, 0.25) is 0 Å². The molecule has 5 atom stereocenters. The number of aliphatic hydroxyl groups is 4. The highest BCUT2D eigenvalue weighted by Gasteiger charge is 2.17. The largest absolute Gasteiger partial charge is 0.460 e. The molecule has 0 saturated heterocycles. The fourth-order valence-corrected chi connectivity index (χ4v) is 2.31. The van der Waals surface area contributed by atoms with E-state index in [1.165, 1.54) is 0 Å². The van der Waals surface area contributed by atoms with Crippen LogP contribution in [0.25, 0.3) is 0 Å². The van der Waals surface area contributed by atoms with E-state index in [1.54, 1.807) is 0 Å². The molecule has 0 aromatic rings. The van der Waals surface area contributed by atoms with Crippen molar-refractivity contribution in [3.05, 3.63) is 38.0 Å². The topological polar surface area (TPSA) is 197 Å².